The van der Waals surface area contributed by atoms with E-state index in [1.807, 2.05) is 42.5 Å². The molecule has 0 aliphatic heterocycles. The highest BCUT2D eigenvalue weighted by molar-refractivity contribution is 5.94. The first-order valence-electron chi connectivity index (χ1n) is 10.00. The summed E-state index contributed by atoms with van der Waals surface area (Å²) in [7, 11) is 5.30. The molecule has 1 heterocycles. The van der Waals surface area contributed by atoms with Crippen LogP contribution in [0.5, 0.6) is 0 Å². The topological polar surface area (TPSA) is 81.6 Å². The third kappa shape index (κ3) is 8.21. The van der Waals surface area contributed by atoms with Crippen LogP contribution in [0.1, 0.15) is 28.8 Å². The molecule has 0 saturated heterocycles. The molecule has 2 rings (SSSR count). The number of nitrogens with zero attached hydrogens (tertiary/aromatic N) is 3. The van der Waals surface area contributed by atoms with Crippen LogP contribution in [-0.4, -0.2) is 62.5 Å². The number of aromatic nitrogens is 1. The molecular weight excluding hydrogens is 364 g/mol. The molecule has 1 aromatic heterocycles. The van der Waals surface area contributed by atoms with Crippen LogP contribution in [0.2, 0.25) is 0 Å². The molecule has 156 valence electrons. The van der Waals surface area contributed by atoms with E-state index in [0.717, 1.165) is 56.2 Å². The highest BCUT2D eigenvalue weighted by Gasteiger charge is 2.08. The van der Waals surface area contributed by atoms with Crippen molar-refractivity contribution in [2.24, 2.45) is 4.99 Å². The molecule has 1 amide bonds. The lowest BCUT2D eigenvalue weighted by atomic mass is 10.1. The van der Waals surface area contributed by atoms with Crippen LogP contribution in [0.25, 0.3) is 0 Å². The molecule has 0 bridgehead atoms. The zero-order valence-electron chi connectivity index (χ0n) is 17.6. The molecular formula is C22H32N6O. The molecule has 7 heteroatoms. The Morgan fingerprint density at radius 1 is 1.03 bits per heavy atom. The van der Waals surface area contributed by atoms with Gasteiger partial charge in [-0.3, -0.25) is 9.79 Å². The number of rotatable bonds is 10. The van der Waals surface area contributed by atoms with Crippen molar-refractivity contribution in [2.45, 2.75) is 19.3 Å². The van der Waals surface area contributed by atoms with E-state index < -0.39 is 0 Å². The van der Waals surface area contributed by atoms with Gasteiger partial charge in [-0.25, -0.2) is 4.98 Å². The summed E-state index contributed by atoms with van der Waals surface area (Å²) in [6.45, 7) is 2.50. The van der Waals surface area contributed by atoms with E-state index in [0.29, 0.717) is 5.56 Å². The van der Waals surface area contributed by atoms with E-state index in [2.05, 4.69) is 25.9 Å². The van der Waals surface area contributed by atoms with Crippen molar-refractivity contribution in [2.75, 3.05) is 46.1 Å². The molecule has 0 spiro atoms. The first kappa shape index (κ1) is 22.2. The monoisotopic (exact) mass is 396 g/mol. The summed E-state index contributed by atoms with van der Waals surface area (Å²) < 4.78 is 0. The number of hydrogen-bond donors (Lipinski definition) is 3. The molecule has 3 N–H and O–H groups in total. The minimum Gasteiger partial charge on any atom is -0.370 e. The Balaban J connectivity index is 1.62. The van der Waals surface area contributed by atoms with Gasteiger partial charge in [0.2, 0.25) is 0 Å². The Morgan fingerprint density at radius 3 is 2.55 bits per heavy atom. The highest BCUT2D eigenvalue weighted by Crippen LogP contribution is 2.07. The fraction of sp³-hybridized carbons (Fsp3) is 0.409. The van der Waals surface area contributed by atoms with Crippen molar-refractivity contribution in [1.82, 2.24) is 20.5 Å². The number of anilines is 1. The summed E-state index contributed by atoms with van der Waals surface area (Å²) in [5.41, 5.74) is 1.84. The van der Waals surface area contributed by atoms with E-state index in [-0.39, 0.29) is 5.91 Å². The third-order valence-corrected chi connectivity index (χ3v) is 4.38. The predicted molar refractivity (Wildman–Crippen MR) is 119 cm³/mol. The van der Waals surface area contributed by atoms with Crippen LogP contribution in [0.4, 0.5) is 5.82 Å². The lowest BCUT2D eigenvalue weighted by molar-refractivity contribution is 0.0827. The molecule has 0 aliphatic rings. The lowest BCUT2D eigenvalue weighted by Crippen LogP contribution is -2.38. The van der Waals surface area contributed by atoms with Crippen LogP contribution < -0.4 is 16.0 Å². The Labute approximate surface area is 173 Å². The molecule has 0 atom stereocenters. The van der Waals surface area contributed by atoms with Crippen LogP contribution in [0, 0.1) is 0 Å². The number of aliphatic imine (C=N–C) groups is 1. The standard InChI is InChI=1S/C22H32N6O/c1-23-22(26-15-7-6-14-25-20-11-4-5-13-24-20)27-16-12-18-9-8-10-19(17-18)21(29)28(2)3/h4-5,8-11,13,17H,6-7,12,14-16H2,1-3H3,(H,24,25)(H2,23,26,27). The average molecular weight is 397 g/mol. The fourth-order valence-electron chi connectivity index (χ4n) is 2.80. The number of carbonyl (C=O) groups is 1. The molecule has 29 heavy (non-hydrogen) atoms. The van der Waals surface area contributed by atoms with Crippen molar-refractivity contribution in [3.63, 3.8) is 0 Å². The van der Waals surface area contributed by atoms with Crippen molar-refractivity contribution >= 4 is 17.7 Å². The van der Waals surface area contributed by atoms with Gasteiger partial charge in [0.05, 0.1) is 0 Å². The summed E-state index contributed by atoms with van der Waals surface area (Å²) >= 11 is 0. The number of carbonyl (C=O) groups excluding carboxylic acids is 1. The maximum absolute atomic E-state index is 12.1. The summed E-state index contributed by atoms with van der Waals surface area (Å²) in [6.07, 6.45) is 4.70. The molecule has 0 unspecified atom stereocenters. The largest absolute Gasteiger partial charge is 0.370 e. The van der Waals surface area contributed by atoms with Crippen LogP contribution in [0.15, 0.2) is 53.7 Å². The fourth-order valence-corrected chi connectivity index (χ4v) is 2.80. The quantitative estimate of drug-likeness (QED) is 0.326. The second kappa shape index (κ2) is 12.4. The van der Waals surface area contributed by atoms with E-state index in [9.17, 15) is 4.79 Å². The molecule has 0 saturated carbocycles. The summed E-state index contributed by atoms with van der Waals surface area (Å²) in [4.78, 5) is 22.2. The van der Waals surface area contributed by atoms with Crippen LogP contribution >= 0.6 is 0 Å². The lowest BCUT2D eigenvalue weighted by Gasteiger charge is -2.13. The van der Waals surface area contributed by atoms with E-state index in [4.69, 9.17) is 0 Å². The van der Waals surface area contributed by atoms with Crippen molar-refractivity contribution < 1.29 is 4.79 Å². The molecule has 1 aromatic carbocycles. The van der Waals surface area contributed by atoms with E-state index in [1.54, 1.807) is 32.2 Å². The maximum atomic E-state index is 12.1. The number of pyridine rings is 1. The number of benzene rings is 1. The summed E-state index contributed by atoms with van der Waals surface area (Å²) in [6, 6.07) is 13.6. The maximum Gasteiger partial charge on any atom is 0.253 e. The van der Waals surface area contributed by atoms with E-state index in [1.165, 1.54) is 0 Å². The van der Waals surface area contributed by atoms with Gasteiger partial charge in [-0.15, -0.1) is 0 Å². The van der Waals surface area contributed by atoms with Crippen molar-refractivity contribution in [1.29, 1.82) is 0 Å². The SMILES string of the molecule is CN=C(NCCCCNc1ccccn1)NCCc1cccc(C(=O)N(C)C)c1. The van der Waals surface area contributed by atoms with Gasteiger partial charge in [0.25, 0.3) is 5.91 Å². The number of amides is 1. The van der Waals surface area contributed by atoms with Gasteiger partial charge in [0.15, 0.2) is 5.96 Å². The van der Waals surface area contributed by atoms with E-state index >= 15 is 0 Å². The van der Waals surface area contributed by atoms with Crippen molar-refractivity contribution in [3.8, 4) is 0 Å². The first-order valence-corrected chi connectivity index (χ1v) is 10.00. The minimum absolute atomic E-state index is 0.0230. The molecule has 0 aliphatic carbocycles. The summed E-state index contributed by atoms with van der Waals surface area (Å²) in [5.74, 6) is 1.73. The predicted octanol–water partition coefficient (Wildman–Crippen LogP) is 2.38. The minimum atomic E-state index is 0.0230. The zero-order valence-corrected chi connectivity index (χ0v) is 17.6. The number of nitrogens with one attached hydrogen (secondary N) is 3. The Kier molecular flexibility index (Phi) is 9.48. The van der Waals surface area contributed by atoms with Gasteiger partial charge in [0.1, 0.15) is 5.82 Å². The number of hydrogen-bond acceptors (Lipinski definition) is 4. The zero-order chi connectivity index (χ0) is 20.9. The van der Waals surface area contributed by atoms with Gasteiger partial charge in [0, 0.05) is 52.5 Å². The Morgan fingerprint density at radius 2 is 1.83 bits per heavy atom. The van der Waals surface area contributed by atoms with Crippen molar-refractivity contribution in [3.05, 3.63) is 59.8 Å². The molecule has 0 radical (unpaired) electrons. The smallest absolute Gasteiger partial charge is 0.253 e. The number of guanidine groups is 1. The van der Waals surface area contributed by atoms with Crippen LogP contribution in [0.3, 0.4) is 0 Å². The molecule has 7 nitrogen and oxygen atoms in total. The normalized spacial score (nSPS) is 11.1. The molecule has 0 fully saturated rings. The summed E-state index contributed by atoms with van der Waals surface area (Å²) in [5, 5.41) is 9.96. The third-order valence-electron chi connectivity index (χ3n) is 4.38. The number of unbranched alkanes of at least 4 members (excludes halogenated alkanes) is 1. The highest BCUT2D eigenvalue weighted by atomic mass is 16.2. The first-order chi connectivity index (χ1) is 14.1. The van der Waals surface area contributed by atoms with Crippen LogP contribution in [-0.2, 0) is 6.42 Å². The van der Waals surface area contributed by atoms with Gasteiger partial charge in [-0.2, -0.15) is 0 Å². The van der Waals surface area contributed by atoms with Gasteiger partial charge >= 0.3 is 0 Å². The molecule has 2 aromatic rings. The van der Waals surface area contributed by atoms with Gasteiger partial charge < -0.3 is 20.9 Å². The Bertz CT molecular complexity index is 776. The van der Waals surface area contributed by atoms with Gasteiger partial charge in [-0.05, 0) is 49.1 Å². The average Bonchev–Trinajstić information content (AvgIpc) is 2.75. The second-order valence-electron chi connectivity index (χ2n) is 6.92. The Hall–Kier alpha value is -3.09. The second-order valence-corrected chi connectivity index (χ2v) is 6.92. The van der Waals surface area contributed by atoms with Gasteiger partial charge in [-0.1, -0.05) is 18.2 Å².